The summed E-state index contributed by atoms with van der Waals surface area (Å²) in [6, 6.07) is 0. The first-order valence-electron chi connectivity index (χ1n) is 7.34. The maximum atomic E-state index is 12.9. The van der Waals surface area contributed by atoms with Crippen molar-refractivity contribution in [2.45, 2.75) is 11.0 Å². The van der Waals surface area contributed by atoms with Gasteiger partial charge in [0.05, 0.1) is 6.61 Å². The minimum Gasteiger partial charge on any atom is -0.367 e. The Balaban J connectivity index is 2.00. The molecule has 0 aliphatic carbocycles. The fourth-order valence-corrected chi connectivity index (χ4v) is 4.17. The van der Waals surface area contributed by atoms with Gasteiger partial charge in [0.15, 0.2) is 10.7 Å². The van der Waals surface area contributed by atoms with E-state index in [0.29, 0.717) is 5.82 Å². The summed E-state index contributed by atoms with van der Waals surface area (Å²) in [5.74, 6) is 0.383. The standard InChI is InChI=1S/C12H17N7O5S/c1-16-7-9(11(20)17(2)12(16)21)25(22,23)19-4-5-24-8(6-19)10-13-14-15-18(10)3/h7-8H,4-6H2,1-3H3. The maximum absolute atomic E-state index is 12.9. The van der Waals surface area contributed by atoms with Crippen LogP contribution in [0.5, 0.6) is 0 Å². The second-order valence-electron chi connectivity index (χ2n) is 5.63. The van der Waals surface area contributed by atoms with Gasteiger partial charge in [-0.1, -0.05) is 0 Å². The topological polar surface area (TPSA) is 134 Å². The predicted octanol–water partition coefficient (Wildman–Crippen LogP) is -2.63. The highest BCUT2D eigenvalue weighted by atomic mass is 32.2. The van der Waals surface area contributed by atoms with Gasteiger partial charge in [0.25, 0.3) is 5.56 Å². The molecular formula is C12H17N7O5S. The Hall–Kier alpha value is -2.38. The van der Waals surface area contributed by atoms with Crippen LogP contribution in [-0.4, -0.2) is 61.8 Å². The number of aryl methyl sites for hydroxylation is 2. The molecule has 0 radical (unpaired) electrons. The molecule has 25 heavy (non-hydrogen) atoms. The van der Waals surface area contributed by atoms with Gasteiger partial charge in [0, 0.05) is 40.4 Å². The van der Waals surface area contributed by atoms with E-state index < -0.39 is 32.3 Å². The Kier molecular flexibility index (Phi) is 4.30. The van der Waals surface area contributed by atoms with Gasteiger partial charge < -0.3 is 9.30 Å². The lowest BCUT2D eigenvalue weighted by atomic mass is 10.3. The number of hydrogen-bond donors (Lipinski definition) is 0. The van der Waals surface area contributed by atoms with Crippen LogP contribution in [0.2, 0.25) is 0 Å². The zero-order valence-corrected chi connectivity index (χ0v) is 14.7. The summed E-state index contributed by atoms with van der Waals surface area (Å²) in [5, 5.41) is 11.0. The van der Waals surface area contributed by atoms with Gasteiger partial charge in [-0.05, 0) is 10.4 Å². The van der Waals surface area contributed by atoms with Gasteiger partial charge in [0.2, 0.25) is 10.0 Å². The molecule has 12 nitrogen and oxygen atoms in total. The fourth-order valence-electron chi connectivity index (χ4n) is 2.60. The molecule has 3 rings (SSSR count). The van der Waals surface area contributed by atoms with Crippen molar-refractivity contribution in [1.29, 1.82) is 0 Å². The lowest BCUT2D eigenvalue weighted by Crippen LogP contribution is -2.46. The Morgan fingerprint density at radius 3 is 2.60 bits per heavy atom. The summed E-state index contributed by atoms with van der Waals surface area (Å²) >= 11 is 0. The molecular weight excluding hydrogens is 354 g/mol. The second-order valence-corrected chi connectivity index (χ2v) is 7.54. The first-order valence-corrected chi connectivity index (χ1v) is 8.78. The van der Waals surface area contributed by atoms with Crippen molar-refractivity contribution in [3.8, 4) is 0 Å². The van der Waals surface area contributed by atoms with Gasteiger partial charge in [0.1, 0.15) is 6.10 Å². The van der Waals surface area contributed by atoms with Crippen LogP contribution in [0.3, 0.4) is 0 Å². The smallest absolute Gasteiger partial charge is 0.330 e. The van der Waals surface area contributed by atoms with E-state index in [1.54, 1.807) is 7.05 Å². The van der Waals surface area contributed by atoms with Crippen molar-refractivity contribution in [2.75, 3.05) is 19.7 Å². The quantitative estimate of drug-likeness (QED) is 0.572. The summed E-state index contributed by atoms with van der Waals surface area (Å²) < 4.78 is 35.7. The largest absolute Gasteiger partial charge is 0.367 e. The number of sulfonamides is 1. The van der Waals surface area contributed by atoms with Gasteiger partial charge in [-0.3, -0.25) is 9.36 Å². The third kappa shape index (κ3) is 2.89. The minimum atomic E-state index is -4.11. The van der Waals surface area contributed by atoms with Crippen LogP contribution in [-0.2, 0) is 35.9 Å². The third-order valence-corrected chi connectivity index (χ3v) is 5.85. The van der Waals surface area contributed by atoms with Crippen molar-refractivity contribution in [3.05, 3.63) is 32.9 Å². The molecule has 0 saturated carbocycles. The lowest BCUT2D eigenvalue weighted by molar-refractivity contribution is -0.00956. The molecule has 0 amide bonds. The number of morpholine rings is 1. The average molecular weight is 371 g/mol. The van der Waals surface area contributed by atoms with Gasteiger partial charge in [-0.25, -0.2) is 17.9 Å². The second kappa shape index (κ2) is 6.16. The van der Waals surface area contributed by atoms with E-state index >= 15 is 0 Å². The number of rotatable bonds is 3. The highest BCUT2D eigenvalue weighted by Gasteiger charge is 2.35. The minimum absolute atomic E-state index is 0.0391. The van der Waals surface area contributed by atoms with Crippen molar-refractivity contribution in [3.63, 3.8) is 0 Å². The molecule has 136 valence electrons. The molecule has 13 heteroatoms. The molecule has 3 heterocycles. The van der Waals surface area contributed by atoms with Crippen LogP contribution in [0.1, 0.15) is 11.9 Å². The monoisotopic (exact) mass is 371 g/mol. The molecule has 1 fully saturated rings. The summed E-state index contributed by atoms with van der Waals surface area (Å²) in [4.78, 5) is 23.6. The van der Waals surface area contributed by atoms with Crippen LogP contribution in [0, 0.1) is 0 Å². The number of aromatic nitrogens is 6. The van der Waals surface area contributed by atoms with Crippen LogP contribution in [0.4, 0.5) is 0 Å². The summed E-state index contributed by atoms with van der Waals surface area (Å²) in [7, 11) is 0.127. The summed E-state index contributed by atoms with van der Waals surface area (Å²) in [6.07, 6.45) is 0.383. The van der Waals surface area contributed by atoms with E-state index in [-0.39, 0.29) is 19.7 Å². The Bertz CT molecular complexity index is 1020. The van der Waals surface area contributed by atoms with E-state index in [1.165, 1.54) is 18.8 Å². The molecule has 1 atom stereocenters. The molecule has 1 saturated heterocycles. The van der Waals surface area contributed by atoms with Crippen LogP contribution >= 0.6 is 0 Å². The first kappa shape index (κ1) is 17.4. The molecule has 1 unspecified atom stereocenters. The Labute approximate surface area is 142 Å². The number of ether oxygens (including phenoxy) is 1. The molecule has 1 aliphatic heterocycles. The van der Waals surface area contributed by atoms with Crippen molar-refractivity contribution < 1.29 is 13.2 Å². The van der Waals surface area contributed by atoms with Crippen molar-refractivity contribution >= 4 is 10.0 Å². The summed E-state index contributed by atoms with van der Waals surface area (Å²) in [6.45, 7) is 0.168. The predicted molar refractivity (Wildman–Crippen MR) is 83.2 cm³/mol. The van der Waals surface area contributed by atoms with Crippen molar-refractivity contribution in [2.24, 2.45) is 21.1 Å². The third-order valence-electron chi connectivity index (χ3n) is 4.00. The molecule has 0 aromatic carbocycles. The van der Waals surface area contributed by atoms with Crippen molar-refractivity contribution in [1.82, 2.24) is 33.6 Å². The van der Waals surface area contributed by atoms with Gasteiger partial charge in [-0.15, -0.1) is 5.10 Å². The van der Waals surface area contributed by atoms with E-state index in [4.69, 9.17) is 4.74 Å². The van der Waals surface area contributed by atoms with E-state index in [9.17, 15) is 18.0 Å². The van der Waals surface area contributed by atoms with E-state index in [0.717, 1.165) is 19.6 Å². The number of nitrogens with zero attached hydrogens (tertiary/aromatic N) is 7. The number of tetrazole rings is 1. The number of hydrogen-bond acceptors (Lipinski definition) is 8. The van der Waals surface area contributed by atoms with Gasteiger partial charge in [-0.2, -0.15) is 4.31 Å². The first-order chi connectivity index (χ1) is 11.7. The normalized spacial score (nSPS) is 19.2. The molecule has 0 bridgehead atoms. The fraction of sp³-hybridized carbons (Fsp3) is 0.583. The summed E-state index contributed by atoms with van der Waals surface area (Å²) in [5.41, 5.74) is -1.47. The van der Waals surface area contributed by atoms with E-state index in [1.807, 2.05) is 0 Å². The molecule has 2 aromatic heterocycles. The van der Waals surface area contributed by atoms with E-state index in [2.05, 4.69) is 15.5 Å². The Morgan fingerprint density at radius 1 is 1.24 bits per heavy atom. The zero-order chi connectivity index (χ0) is 18.4. The van der Waals surface area contributed by atoms with Crippen LogP contribution in [0.15, 0.2) is 20.7 Å². The Morgan fingerprint density at radius 2 is 1.96 bits per heavy atom. The van der Waals surface area contributed by atoms with Gasteiger partial charge >= 0.3 is 5.69 Å². The molecule has 0 N–H and O–H groups in total. The molecule has 1 aliphatic rings. The average Bonchev–Trinajstić information content (AvgIpc) is 3.02. The highest BCUT2D eigenvalue weighted by Crippen LogP contribution is 2.23. The molecule has 2 aromatic rings. The van der Waals surface area contributed by atoms with Crippen LogP contribution < -0.4 is 11.2 Å². The lowest BCUT2D eigenvalue weighted by Gasteiger charge is -2.31. The highest BCUT2D eigenvalue weighted by molar-refractivity contribution is 7.89. The maximum Gasteiger partial charge on any atom is 0.330 e. The molecule has 0 spiro atoms. The zero-order valence-electron chi connectivity index (χ0n) is 13.9. The SMILES string of the molecule is Cn1nnnc1C1CN(S(=O)(=O)c2cn(C)c(=O)n(C)c2=O)CCO1. The van der Waals surface area contributed by atoms with Crippen LogP contribution in [0.25, 0.3) is 0 Å².